The lowest BCUT2D eigenvalue weighted by atomic mass is 10.1. The number of carbonyl (C=O) groups excluding carboxylic acids is 2. The molecule has 0 saturated heterocycles. The van der Waals surface area contributed by atoms with Crippen LogP contribution in [0.1, 0.15) is 27.9 Å². The molecule has 0 aliphatic carbocycles. The van der Waals surface area contributed by atoms with E-state index in [1.807, 2.05) is 0 Å². The van der Waals surface area contributed by atoms with Crippen molar-refractivity contribution in [2.24, 2.45) is 0 Å². The van der Waals surface area contributed by atoms with E-state index in [9.17, 15) is 9.59 Å². The molecule has 86 valence electrons. The van der Waals surface area contributed by atoms with Crippen LogP contribution in [-0.2, 0) is 4.79 Å². The summed E-state index contributed by atoms with van der Waals surface area (Å²) in [5.41, 5.74) is 2.15. The third-order valence-electron chi connectivity index (χ3n) is 2.21. The van der Waals surface area contributed by atoms with Crippen molar-refractivity contribution in [2.75, 3.05) is 5.88 Å². The van der Waals surface area contributed by atoms with Gasteiger partial charge in [-0.1, -0.05) is 0 Å². The van der Waals surface area contributed by atoms with Crippen LogP contribution in [0, 0.1) is 13.8 Å². The Hall–Kier alpha value is -1.35. The molecule has 0 aliphatic rings. The van der Waals surface area contributed by atoms with Gasteiger partial charge in [0.1, 0.15) is 12.0 Å². The first kappa shape index (κ1) is 12.7. The highest BCUT2D eigenvalue weighted by atomic mass is 35.5. The van der Waals surface area contributed by atoms with E-state index in [4.69, 9.17) is 16.3 Å². The number of aldehydes is 1. The summed E-state index contributed by atoms with van der Waals surface area (Å²) in [5.74, 6) is 0.359. The summed E-state index contributed by atoms with van der Waals surface area (Å²) < 4.78 is 5.13. The summed E-state index contributed by atoms with van der Waals surface area (Å²) in [6.07, 6.45) is 0.960. The molecule has 0 unspecified atom stereocenters. The number of aryl methyl sites for hydroxylation is 2. The largest absolute Gasteiger partial charge is 0.426 e. The predicted molar refractivity (Wildman–Crippen MR) is 62.3 cm³/mol. The van der Waals surface area contributed by atoms with Gasteiger partial charge in [-0.05, 0) is 37.1 Å². The molecule has 0 spiro atoms. The van der Waals surface area contributed by atoms with Gasteiger partial charge in [0.05, 0.1) is 6.42 Å². The van der Waals surface area contributed by atoms with Crippen LogP contribution >= 0.6 is 11.6 Å². The fourth-order valence-corrected chi connectivity index (χ4v) is 1.45. The van der Waals surface area contributed by atoms with Gasteiger partial charge >= 0.3 is 5.97 Å². The van der Waals surface area contributed by atoms with Gasteiger partial charge in [-0.25, -0.2) is 0 Å². The number of rotatable bonds is 4. The van der Waals surface area contributed by atoms with Gasteiger partial charge < -0.3 is 4.74 Å². The van der Waals surface area contributed by atoms with E-state index in [-0.39, 0.29) is 18.3 Å². The van der Waals surface area contributed by atoms with Gasteiger partial charge in [-0.3, -0.25) is 9.59 Å². The molecule has 0 radical (unpaired) electrons. The van der Waals surface area contributed by atoms with E-state index in [1.165, 1.54) is 0 Å². The van der Waals surface area contributed by atoms with Gasteiger partial charge in [-0.15, -0.1) is 11.6 Å². The minimum Gasteiger partial charge on any atom is -0.426 e. The minimum absolute atomic E-state index is 0.176. The molecule has 1 aromatic carbocycles. The lowest BCUT2D eigenvalue weighted by molar-refractivity contribution is -0.133. The predicted octanol–water partition coefficient (Wildman–Crippen LogP) is 2.65. The van der Waals surface area contributed by atoms with Crippen molar-refractivity contribution in [2.45, 2.75) is 20.3 Å². The van der Waals surface area contributed by atoms with Crippen molar-refractivity contribution in [3.8, 4) is 5.75 Å². The topological polar surface area (TPSA) is 43.4 Å². The molecule has 0 aliphatic heterocycles. The Kier molecular flexibility index (Phi) is 4.50. The first-order valence-electron chi connectivity index (χ1n) is 4.91. The molecule has 0 aromatic heterocycles. The smallest absolute Gasteiger partial charge is 0.312 e. The van der Waals surface area contributed by atoms with Crippen LogP contribution < -0.4 is 4.74 Å². The number of hydrogen-bond donors (Lipinski definition) is 0. The van der Waals surface area contributed by atoms with Crippen molar-refractivity contribution in [3.63, 3.8) is 0 Å². The van der Waals surface area contributed by atoms with Crippen molar-refractivity contribution in [1.82, 2.24) is 0 Å². The highest BCUT2D eigenvalue weighted by Gasteiger charge is 2.09. The first-order valence-corrected chi connectivity index (χ1v) is 5.45. The summed E-state index contributed by atoms with van der Waals surface area (Å²) in [4.78, 5) is 21.9. The van der Waals surface area contributed by atoms with Crippen molar-refractivity contribution >= 4 is 23.9 Å². The van der Waals surface area contributed by atoms with Crippen molar-refractivity contribution in [3.05, 3.63) is 28.8 Å². The maximum atomic E-state index is 11.3. The number of halogens is 1. The Morgan fingerprint density at radius 2 is 2.06 bits per heavy atom. The molecule has 0 heterocycles. The quantitative estimate of drug-likeness (QED) is 0.352. The molecule has 0 atom stereocenters. The van der Waals surface area contributed by atoms with E-state index in [0.29, 0.717) is 11.3 Å². The summed E-state index contributed by atoms with van der Waals surface area (Å²) >= 11 is 5.43. The molecule has 1 aromatic rings. The molecule has 16 heavy (non-hydrogen) atoms. The standard InChI is InChI=1S/C12H13ClO3/c1-8-6-11(16-12(15)3-4-13)9(2)5-10(8)7-14/h5-7H,3-4H2,1-2H3. The second kappa shape index (κ2) is 5.66. The number of carbonyl (C=O) groups is 2. The van der Waals surface area contributed by atoms with Gasteiger partial charge in [0, 0.05) is 11.4 Å². The molecule has 4 heteroatoms. The second-order valence-corrected chi connectivity index (χ2v) is 3.88. The SMILES string of the molecule is Cc1cc(OC(=O)CCCl)c(C)cc1C=O. The second-order valence-electron chi connectivity index (χ2n) is 3.51. The van der Waals surface area contributed by atoms with Crippen LogP contribution in [0.3, 0.4) is 0 Å². The Labute approximate surface area is 99.4 Å². The zero-order valence-electron chi connectivity index (χ0n) is 9.25. The van der Waals surface area contributed by atoms with Crippen LogP contribution in [0.4, 0.5) is 0 Å². The van der Waals surface area contributed by atoms with Gasteiger partial charge in [0.15, 0.2) is 0 Å². The van der Waals surface area contributed by atoms with E-state index in [0.717, 1.165) is 17.4 Å². The van der Waals surface area contributed by atoms with Crippen LogP contribution in [0.5, 0.6) is 5.75 Å². The molecule has 0 amide bonds. The van der Waals surface area contributed by atoms with E-state index >= 15 is 0 Å². The molecule has 0 saturated carbocycles. The van der Waals surface area contributed by atoms with E-state index in [2.05, 4.69) is 0 Å². The fourth-order valence-electron chi connectivity index (χ4n) is 1.30. The molecule has 0 bridgehead atoms. The third kappa shape index (κ3) is 3.07. The lowest BCUT2D eigenvalue weighted by Crippen LogP contribution is -2.09. The maximum absolute atomic E-state index is 11.3. The zero-order chi connectivity index (χ0) is 12.1. The number of ether oxygens (including phenoxy) is 1. The first-order chi connectivity index (χ1) is 7.58. The monoisotopic (exact) mass is 240 g/mol. The Bertz CT molecular complexity index is 413. The molecular weight excluding hydrogens is 228 g/mol. The minimum atomic E-state index is -0.364. The number of benzene rings is 1. The molecule has 1 rings (SSSR count). The Morgan fingerprint density at radius 3 is 2.62 bits per heavy atom. The van der Waals surface area contributed by atoms with Gasteiger partial charge in [-0.2, -0.15) is 0 Å². The fraction of sp³-hybridized carbons (Fsp3) is 0.333. The van der Waals surface area contributed by atoms with Crippen molar-refractivity contribution < 1.29 is 14.3 Å². The molecular formula is C12H13ClO3. The summed E-state index contributed by atoms with van der Waals surface area (Å²) in [6.45, 7) is 3.58. The summed E-state index contributed by atoms with van der Waals surface area (Å²) in [6, 6.07) is 3.39. The van der Waals surface area contributed by atoms with Crippen LogP contribution in [0.25, 0.3) is 0 Å². The maximum Gasteiger partial charge on any atom is 0.312 e. The van der Waals surface area contributed by atoms with Gasteiger partial charge in [0.25, 0.3) is 0 Å². The average molecular weight is 241 g/mol. The Balaban J connectivity index is 2.93. The highest BCUT2D eigenvalue weighted by molar-refractivity contribution is 6.18. The summed E-state index contributed by atoms with van der Waals surface area (Å²) in [5, 5.41) is 0. The van der Waals surface area contributed by atoms with Crippen LogP contribution in [0.15, 0.2) is 12.1 Å². The number of alkyl halides is 1. The molecule has 3 nitrogen and oxygen atoms in total. The zero-order valence-corrected chi connectivity index (χ0v) is 10.0. The van der Waals surface area contributed by atoms with Crippen molar-refractivity contribution in [1.29, 1.82) is 0 Å². The van der Waals surface area contributed by atoms with Crippen LogP contribution in [-0.4, -0.2) is 18.1 Å². The van der Waals surface area contributed by atoms with Crippen LogP contribution in [0.2, 0.25) is 0 Å². The lowest BCUT2D eigenvalue weighted by Gasteiger charge is -2.09. The van der Waals surface area contributed by atoms with E-state index in [1.54, 1.807) is 26.0 Å². The number of hydrogen-bond acceptors (Lipinski definition) is 3. The summed E-state index contributed by atoms with van der Waals surface area (Å²) in [7, 11) is 0. The molecule has 0 fully saturated rings. The highest BCUT2D eigenvalue weighted by Crippen LogP contribution is 2.22. The van der Waals surface area contributed by atoms with Gasteiger partial charge in [0.2, 0.25) is 0 Å². The number of esters is 1. The average Bonchev–Trinajstić information content (AvgIpc) is 2.23. The Morgan fingerprint density at radius 1 is 1.38 bits per heavy atom. The normalized spacial score (nSPS) is 9.94. The third-order valence-corrected chi connectivity index (χ3v) is 2.40. The van der Waals surface area contributed by atoms with E-state index < -0.39 is 0 Å². The molecule has 0 N–H and O–H groups in total.